The highest BCUT2D eigenvalue weighted by atomic mass is 32.2. The molecule has 1 aliphatic heterocycles. The van der Waals surface area contributed by atoms with Gasteiger partial charge >= 0.3 is 0 Å². The van der Waals surface area contributed by atoms with Crippen molar-refractivity contribution < 1.29 is 32.2 Å². The zero-order valence-electron chi connectivity index (χ0n) is 19.9. The molecule has 0 amide bonds. The molecule has 9 nitrogen and oxygen atoms in total. The van der Waals surface area contributed by atoms with Crippen LogP contribution in [0.3, 0.4) is 0 Å². The van der Waals surface area contributed by atoms with Crippen molar-refractivity contribution in [2.75, 3.05) is 26.0 Å². The topological polar surface area (TPSA) is 119 Å². The normalized spacial score (nSPS) is 19.9. The number of sulfonamides is 1. The molecule has 0 bridgehead atoms. The molecule has 0 radical (unpaired) electrons. The van der Waals surface area contributed by atoms with Crippen molar-refractivity contribution >= 4 is 21.7 Å². The molecule has 1 aliphatic rings. The van der Waals surface area contributed by atoms with Gasteiger partial charge in [-0.25, -0.2) is 12.8 Å². The van der Waals surface area contributed by atoms with Crippen LogP contribution in [0.1, 0.15) is 48.3 Å². The molecule has 1 aromatic carbocycles. The number of hydrogen-bond donors (Lipinski definition) is 1. The van der Waals surface area contributed by atoms with Gasteiger partial charge in [0.05, 0.1) is 36.4 Å². The summed E-state index contributed by atoms with van der Waals surface area (Å²) in [5, 5.41) is 14.2. The molecule has 2 unspecified atom stereocenters. The minimum Gasteiger partial charge on any atom is -0.472 e. The van der Waals surface area contributed by atoms with Crippen LogP contribution < -0.4 is 4.74 Å². The molecule has 1 fully saturated rings. The third-order valence-corrected chi connectivity index (χ3v) is 7.28. The van der Waals surface area contributed by atoms with Gasteiger partial charge in [0, 0.05) is 12.1 Å². The standard InChI is InChI=1S/C23H30FN3O6S/c1-14-10-26(34(5,31)32)11-18(29)19(14)20-15(2)21(27(25-20)22(30)23(3,4)13-28)33-12-16-6-8-17(24)9-7-16/h6-9,14,19,28H,10-13H2,1-5H3. The van der Waals surface area contributed by atoms with E-state index in [1.54, 1.807) is 39.8 Å². The highest BCUT2D eigenvalue weighted by Gasteiger charge is 2.42. The Kier molecular flexibility index (Phi) is 7.30. The molecule has 34 heavy (non-hydrogen) atoms. The first-order valence-corrected chi connectivity index (χ1v) is 12.7. The summed E-state index contributed by atoms with van der Waals surface area (Å²) in [7, 11) is -3.54. The number of aliphatic hydroxyl groups excluding tert-OH is 1. The summed E-state index contributed by atoms with van der Waals surface area (Å²) in [6, 6.07) is 5.70. The molecule has 2 atom stereocenters. The Balaban J connectivity index is 2.01. The first kappa shape index (κ1) is 26.0. The van der Waals surface area contributed by atoms with Gasteiger partial charge in [0.2, 0.25) is 15.9 Å². The second-order valence-electron chi connectivity index (χ2n) is 9.47. The summed E-state index contributed by atoms with van der Waals surface area (Å²) < 4.78 is 45.3. The molecule has 0 aliphatic carbocycles. The Morgan fingerprint density at radius 3 is 2.44 bits per heavy atom. The lowest BCUT2D eigenvalue weighted by Gasteiger charge is -2.33. The Labute approximate surface area is 198 Å². The molecule has 2 aromatic rings. The minimum absolute atomic E-state index is 0.0229. The average molecular weight is 496 g/mol. The van der Waals surface area contributed by atoms with Crippen LogP contribution in [0.25, 0.3) is 0 Å². The van der Waals surface area contributed by atoms with Crippen LogP contribution in [0.4, 0.5) is 4.39 Å². The first-order valence-electron chi connectivity index (χ1n) is 10.9. The predicted molar refractivity (Wildman–Crippen MR) is 123 cm³/mol. The Hall–Kier alpha value is -2.63. The van der Waals surface area contributed by atoms with Gasteiger partial charge in [-0.1, -0.05) is 19.1 Å². The van der Waals surface area contributed by atoms with Crippen LogP contribution in [0.5, 0.6) is 5.88 Å². The van der Waals surface area contributed by atoms with Crippen molar-refractivity contribution in [1.29, 1.82) is 0 Å². The van der Waals surface area contributed by atoms with E-state index in [1.165, 1.54) is 12.1 Å². The summed E-state index contributed by atoms with van der Waals surface area (Å²) in [4.78, 5) is 26.2. The van der Waals surface area contributed by atoms with E-state index in [-0.39, 0.29) is 43.1 Å². The maximum Gasteiger partial charge on any atom is 0.258 e. The molecule has 1 saturated heterocycles. The number of ketones is 1. The lowest BCUT2D eigenvalue weighted by molar-refractivity contribution is -0.124. The van der Waals surface area contributed by atoms with Crippen LogP contribution in [-0.2, 0) is 21.4 Å². The molecule has 0 spiro atoms. The van der Waals surface area contributed by atoms with Gasteiger partial charge in [0.1, 0.15) is 12.4 Å². The highest BCUT2D eigenvalue weighted by molar-refractivity contribution is 7.88. The summed E-state index contributed by atoms with van der Waals surface area (Å²) in [5.74, 6) is -2.22. The number of nitrogens with zero attached hydrogens (tertiary/aromatic N) is 3. The van der Waals surface area contributed by atoms with Gasteiger partial charge in [0.15, 0.2) is 5.78 Å². The molecular weight excluding hydrogens is 465 g/mol. The molecular formula is C23H30FN3O6S. The quantitative estimate of drug-likeness (QED) is 0.625. The Bertz CT molecular complexity index is 1190. The van der Waals surface area contributed by atoms with Crippen molar-refractivity contribution in [3.8, 4) is 5.88 Å². The van der Waals surface area contributed by atoms with Crippen LogP contribution >= 0.6 is 0 Å². The lowest BCUT2D eigenvalue weighted by atomic mass is 9.83. The minimum atomic E-state index is -3.54. The third kappa shape index (κ3) is 5.21. The Morgan fingerprint density at radius 1 is 1.29 bits per heavy atom. The molecule has 1 N–H and O–H groups in total. The fraction of sp³-hybridized carbons (Fsp3) is 0.522. The fourth-order valence-corrected chi connectivity index (χ4v) is 4.81. The number of carbonyl (C=O) groups excluding carboxylic acids is 2. The van der Waals surface area contributed by atoms with E-state index < -0.39 is 33.9 Å². The van der Waals surface area contributed by atoms with Gasteiger partial charge in [-0.15, -0.1) is 0 Å². The van der Waals surface area contributed by atoms with Crippen molar-refractivity contribution in [3.63, 3.8) is 0 Å². The van der Waals surface area contributed by atoms with E-state index >= 15 is 0 Å². The average Bonchev–Trinajstić information content (AvgIpc) is 3.07. The molecule has 186 valence electrons. The molecule has 1 aromatic heterocycles. The van der Waals surface area contributed by atoms with Crippen LogP contribution in [0.15, 0.2) is 24.3 Å². The number of aromatic nitrogens is 2. The smallest absolute Gasteiger partial charge is 0.258 e. The monoisotopic (exact) mass is 495 g/mol. The van der Waals surface area contributed by atoms with Crippen LogP contribution in [-0.4, -0.2) is 65.3 Å². The summed E-state index contributed by atoms with van der Waals surface area (Å²) in [5.41, 5.74) is 0.304. The molecule has 11 heteroatoms. The first-order chi connectivity index (χ1) is 15.8. The van der Waals surface area contributed by atoms with Crippen LogP contribution in [0.2, 0.25) is 0 Å². The maximum atomic E-state index is 13.2. The number of hydrogen-bond acceptors (Lipinski definition) is 7. The summed E-state index contributed by atoms with van der Waals surface area (Å²) in [6.07, 6.45) is 1.06. The molecule has 2 heterocycles. The second-order valence-corrected chi connectivity index (χ2v) is 11.4. The van der Waals surface area contributed by atoms with Gasteiger partial charge in [-0.05, 0) is 44.4 Å². The number of piperidine rings is 1. The van der Waals surface area contributed by atoms with Crippen molar-refractivity contribution in [3.05, 3.63) is 46.9 Å². The fourth-order valence-electron chi connectivity index (χ4n) is 3.94. The van der Waals surface area contributed by atoms with Crippen molar-refractivity contribution in [1.82, 2.24) is 14.1 Å². The van der Waals surface area contributed by atoms with E-state index in [1.807, 2.05) is 0 Å². The predicted octanol–water partition coefficient (Wildman–Crippen LogP) is 2.13. The van der Waals surface area contributed by atoms with Gasteiger partial charge in [-0.3, -0.25) is 9.59 Å². The number of ether oxygens (including phenoxy) is 1. The van der Waals surface area contributed by atoms with E-state index in [2.05, 4.69) is 5.10 Å². The van der Waals surface area contributed by atoms with Gasteiger partial charge in [-0.2, -0.15) is 14.1 Å². The summed E-state index contributed by atoms with van der Waals surface area (Å²) in [6.45, 7) is 6.03. The number of aliphatic hydroxyl groups is 1. The highest BCUT2D eigenvalue weighted by Crippen LogP contribution is 2.37. The van der Waals surface area contributed by atoms with Gasteiger partial charge < -0.3 is 9.84 Å². The number of carbonyl (C=O) groups is 2. The van der Waals surface area contributed by atoms with E-state index in [4.69, 9.17) is 4.74 Å². The van der Waals surface area contributed by atoms with Crippen LogP contribution in [0, 0.1) is 24.1 Å². The van der Waals surface area contributed by atoms with E-state index in [9.17, 15) is 27.5 Å². The number of rotatable bonds is 7. The third-order valence-electron chi connectivity index (χ3n) is 6.06. The summed E-state index contributed by atoms with van der Waals surface area (Å²) >= 11 is 0. The maximum absolute atomic E-state index is 13.2. The largest absolute Gasteiger partial charge is 0.472 e. The van der Waals surface area contributed by atoms with Gasteiger partial charge in [0.25, 0.3) is 5.91 Å². The molecule has 0 saturated carbocycles. The van der Waals surface area contributed by atoms with Crippen molar-refractivity contribution in [2.24, 2.45) is 11.3 Å². The zero-order valence-corrected chi connectivity index (χ0v) is 20.7. The van der Waals surface area contributed by atoms with E-state index in [0.29, 0.717) is 16.8 Å². The second kappa shape index (κ2) is 9.55. The number of Topliss-reactive ketones (excluding diaryl/α,β-unsaturated/α-hetero) is 1. The Morgan fingerprint density at radius 2 is 1.91 bits per heavy atom. The van der Waals surface area contributed by atoms with E-state index in [0.717, 1.165) is 15.2 Å². The zero-order chi connectivity index (χ0) is 25.4. The lowest BCUT2D eigenvalue weighted by Crippen LogP contribution is -2.47. The number of benzene rings is 1. The number of halogens is 1. The van der Waals surface area contributed by atoms with Crippen molar-refractivity contribution in [2.45, 2.75) is 40.2 Å². The molecule has 3 rings (SSSR count). The SMILES string of the molecule is Cc1c(C2C(=O)CN(S(C)(=O)=O)CC2C)nn(C(=O)C(C)(C)CO)c1OCc1ccc(F)cc1.